The molecule has 0 radical (unpaired) electrons. The summed E-state index contributed by atoms with van der Waals surface area (Å²) in [7, 11) is 3.21. The maximum Gasteiger partial charge on any atom is 0.221 e. The minimum absolute atomic E-state index is 0.0492. The van der Waals surface area contributed by atoms with Crippen LogP contribution in [0.1, 0.15) is 23.6 Å². The second kappa shape index (κ2) is 8.93. The zero-order chi connectivity index (χ0) is 17.4. The number of nitrogens with two attached hydrogens (primary N) is 1. The maximum atomic E-state index is 12.0. The summed E-state index contributed by atoms with van der Waals surface area (Å²) in [5, 5.41) is 2.91. The fourth-order valence-electron chi connectivity index (χ4n) is 2.47. The molecule has 5 heteroatoms. The number of nitrogens with one attached hydrogen (secondary N) is 1. The third kappa shape index (κ3) is 4.99. The van der Waals surface area contributed by atoms with E-state index in [1.54, 1.807) is 14.2 Å². The number of carbonyl (C=O) groups excluding carboxylic acids is 1. The van der Waals surface area contributed by atoms with Gasteiger partial charge in [-0.25, -0.2) is 0 Å². The second-order valence-electron chi connectivity index (χ2n) is 5.51. The van der Waals surface area contributed by atoms with E-state index < -0.39 is 0 Å². The van der Waals surface area contributed by atoms with Crippen molar-refractivity contribution in [2.24, 2.45) is 5.73 Å². The molecular weight excluding hydrogens is 304 g/mol. The van der Waals surface area contributed by atoms with Crippen LogP contribution in [0, 0.1) is 0 Å². The number of methoxy groups -OCH3 is 2. The Morgan fingerprint density at radius 3 is 2.46 bits per heavy atom. The van der Waals surface area contributed by atoms with E-state index in [1.807, 2.05) is 48.5 Å². The molecule has 0 spiro atoms. The fourth-order valence-corrected chi connectivity index (χ4v) is 2.47. The molecule has 2 aromatic rings. The molecule has 1 atom stereocenters. The Balaban J connectivity index is 1.80. The van der Waals surface area contributed by atoms with Gasteiger partial charge in [0.25, 0.3) is 0 Å². The molecule has 2 aromatic carbocycles. The maximum absolute atomic E-state index is 12.0. The SMILES string of the molecule is COc1ccc(CCNC(=O)CC(N)c2ccccc2)cc1OC. The third-order valence-electron chi connectivity index (χ3n) is 3.82. The van der Waals surface area contributed by atoms with Crippen molar-refractivity contribution >= 4 is 5.91 Å². The summed E-state index contributed by atoms with van der Waals surface area (Å²) in [4.78, 5) is 12.0. The molecule has 0 saturated carbocycles. The average Bonchev–Trinajstić information content (AvgIpc) is 2.62. The van der Waals surface area contributed by atoms with Gasteiger partial charge >= 0.3 is 0 Å². The van der Waals surface area contributed by atoms with Crippen molar-refractivity contribution in [2.75, 3.05) is 20.8 Å². The summed E-state index contributed by atoms with van der Waals surface area (Å²) in [5.41, 5.74) is 8.09. The molecule has 24 heavy (non-hydrogen) atoms. The van der Waals surface area contributed by atoms with Crippen LogP contribution < -0.4 is 20.5 Å². The highest BCUT2D eigenvalue weighted by atomic mass is 16.5. The van der Waals surface area contributed by atoms with Gasteiger partial charge in [-0.3, -0.25) is 4.79 Å². The monoisotopic (exact) mass is 328 g/mol. The van der Waals surface area contributed by atoms with E-state index in [0.29, 0.717) is 24.5 Å². The Kier molecular flexibility index (Phi) is 6.63. The van der Waals surface area contributed by atoms with E-state index in [-0.39, 0.29) is 18.4 Å². The Labute approximate surface area is 142 Å². The molecule has 0 fully saturated rings. The molecule has 0 bridgehead atoms. The number of rotatable bonds is 8. The van der Waals surface area contributed by atoms with Crippen LogP contribution in [0.2, 0.25) is 0 Å². The Hall–Kier alpha value is -2.53. The first kappa shape index (κ1) is 17.8. The van der Waals surface area contributed by atoms with Crippen molar-refractivity contribution in [1.82, 2.24) is 5.32 Å². The molecule has 0 saturated heterocycles. The van der Waals surface area contributed by atoms with Crippen LogP contribution in [-0.2, 0) is 11.2 Å². The molecule has 0 heterocycles. The van der Waals surface area contributed by atoms with Gasteiger partial charge in [0.2, 0.25) is 5.91 Å². The normalized spacial score (nSPS) is 11.6. The lowest BCUT2D eigenvalue weighted by molar-refractivity contribution is -0.121. The largest absolute Gasteiger partial charge is 0.493 e. The van der Waals surface area contributed by atoms with Crippen LogP contribution in [0.4, 0.5) is 0 Å². The second-order valence-corrected chi connectivity index (χ2v) is 5.51. The lowest BCUT2D eigenvalue weighted by atomic mass is 10.0. The van der Waals surface area contributed by atoms with Crippen molar-refractivity contribution in [2.45, 2.75) is 18.9 Å². The van der Waals surface area contributed by atoms with Gasteiger partial charge in [-0.2, -0.15) is 0 Å². The third-order valence-corrected chi connectivity index (χ3v) is 3.82. The number of ether oxygens (including phenoxy) is 2. The van der Waals surface area contributed by atoms with Gasteiger partial charge in [0.05, 0.1) is 14.2 Å². The van der Waals surface area contributed by atoms with Crippen molar-refractivity contribution in [3.05, 3.63) is 59.7 Å². The molecule has 1 amide bonds. The summed E-state index contributed by atoms with van der Waals surface area (Å²) in [6.45, 7) is 0.551. The summed E-state index contributed by atoms with van der Waals surface area (Å²) in [6, 6.07) is 15.1. The van der Waals surface area contributed by atoms with Crippen LogP contribution in [0.3, 0.4) is 0 Å². The van der Waals surface area contributed by atoms with Crippen molar-refractivity contribution in [3.63, 3.8) is 0 Å². The van der Waals surface area contributed by atoms with E-state index in [4.69, 9.17) is 15.2 Å². The lowest BCUT2D eigenvalue weighted by Crippen LogP contribution is -2.29. The molecule has 2 rings (SSSR count). The number of hydrogen-bond acceptors (Lipinski definition) is 4. The summed E-state index contributed by atoms with van der Waals surface area (Å²) in [6.07, 6.45) is 0.989. The zero-order valence-corrected chi connectivity index (χ0v) is 14.1. The fraction of sp³-hybridized carbons (Fsp3) is 0.316. The van der Waals surface area contributed by atoms with Crippen LogP contribution >= 0.6 is 0 Å². The number of amides is 1. The summed E-state index contributed by atoms with van der Waals surface area (Å²) >= 11 is 0. The van der Waals surface area contributed by atoms with Crippen LogP contribution in [0.15, 0.2) is 48.5 Å². The van der Waals surface area contributed by atoms with Gasteiger partial charge in [0.15, 0.2) is 11.5 Å². The Morgan fingerprint density at radius 2 is 1.79 bits per heavy atom. The van der Waals surface area contributed by atoms with Crippen molar-refractivity contribution in [3.8, 4) is 11.5 Å². The van der Waals surface area contributed by atoms with Gasteiger partial charge < -0.3 is 20.5 Å². The standard InChI is InChI=1S/C19H24N2O3/c1-23-17-9-8-14(12-18(17)24-2)10-11-21-19(22)13-16(20)15-6-4-3-5-7-15/h3-9,12,16H,10-11,13,20H2,1-2H3,(H,21,22). The summed E-state index contributed by atoms with van der Waals surface area (Å²) in [5.74, 6) is 1.33. The molecule has 0 aliphatic carbocycles. The molecule has 3 N–H and O–H groups in total. The topological polar surface area (TPSA) is 73.6 Å². The van der Waals surface area contributed by atoms with Gasteiger partial charge in [-0.1, -0.05) is 36.4 Å². The van der Waals surface area contributed by atoms with E-state index in [2.05, 4.69) is 5.32 Å². The van der Waals surface area contributed by atoms with Gasteiger partial charge in [0, 0.05) is 19.0 Å². The van der Waals surface area contributed by atoms with Crippen molar-refractivity contribution < 1.29 is 14.3 Å². The number of benzene rings is 2. The first-order valence-electron chi connectivity index (χ1n) is 7.92. The first-order valence-corrected chi connectivity index (χ1v) is 7.92. The number of hydrogen-bond donors (Lipinski definition) is 2. The Bertz CT molecular complexity index is 659. The predicted molar refractivity (Wildman–Crippen MR) is 94.2 cm³/mol. The summed E-state index contributed by atoms with van der Waals surface area (Å²) < 4.78 is 10.5. The van der Waals surface area contributed by atoms with E-state index in [1.165, 1.54) is 0 Å². The van der Waals surface area contributed by atoms with Crippen LogP contribution in [-0.4, -0.2) is 26.7 Å². The van der Waals surface area contributed by atoms with E-state index in [9.17, 15) is 4.79 Å². The lowest BCUT2D eigenvalue weighted by Gasteiger charge is -2.13. The zero-order valence-electron chi connectivity index (χ0n) is 14.1. The van der Waals surface area contributed by atoms with Crippen LogP contribution in [0.5, 0.6) is 11.5 Å². The minimum Gasteiger partial charge on any atom is -0.493 e. The van der Waals surface area contributed by atoms with E-state index in [0.717, 1.165) is 11.1 Å². The average molecular weight is 328 g/mol. The first-order chi connectivity index (χ1) is 11.6. The molecule has 0 aromatic heterocycles. The Morgan fingerprint density at radius 1 is 1.08 bits per heavy atom. The highest BCUT2D eigenvalue weighted by molar-refractivity contribution is 5.76. The predicted octanol–water partition coefficient (Wildman–Crippen LogP) is 2.45. The van der Waals surface area contributed by atoms with Crippen LogP contribution in [0.25, 0.3) is 0 Å². The molecule has 128 valence electrons. The highest BCUT2D eigenvalue weighted by Gasteiger charge is 2.11. The minimum atomic E-state index is -0.285. The van der Waals surface area contributed by atoms with Gasteiger partial charge in [-0.15, -0.1) is 0 Å². The van der Waals surface area contributed by atoms with Crippen molar-refractivity contribution in [1.29, 1.82) is 0 Å². The van der Waals surface area contributed by atoms with E-state index >= 15 is 0 Å². The highest BCUT2D eigenvalue weighted by Crippen LogP contribution is 2.27. The molecule has 5 nitrogen and oxygen atoms in total. The molecular formula is C19H24N2O3. The van der Waals surface area contributed by atoms with Gasteiger partial charge in [0.1, 0.15) is 0 Å². The smallest absolute Gasteiger partial charge is 0.221 e. The quantitative estimate of drug-likeness (QED) is 0.781. The van der Waals surface area contributed by atoms with Gasteiger partial charge in [-0.05, 0) is 29.7 Å². The molecule has 0 aliphatic heterocycles. The molecule has 0 aliphatic rings. The molecule has 1 unspecified atom stereocenters. The number of carbonyl (C=O) groups is 1.